The number of anilines is 1. The Bertz CT molecular complexity index is 808. The molecule has 0 atom stereocenters. The summed E-state index contributed by atoms with van der Waals surface area (Å²) in [5.41, 5.74) is 1.41. The highest BCUT2D eigenvalue weighted by molar-refractivity contribution is 7.90. The molecule has 1 aliphatic heterocycles. The molecule has 8 heteroatoms. The molecule has 0 spiro atoms. The molecule has 0 unspecified atom stereocenters. The Morgan fingerprint density at radius 2 is 1.91 bits per heavy atom. The molecule has 1 aliphatic carbocycles. The molecule has 0 radical (unpaired) electrons. The van der Waals surface area contributed by atoms with Gasteiger partial charge in [0.2, 0.25) is 10.0 Å². The lowest BCUT2D eigenvalue weighted by molar-refractivity contribution is 0.373. The van der Waals surface area contributed by atoms with Crippen molar-refractivity contribution >= 4 is 38.7 Å². The monoisotopic (exact) mass is 341 g/mol. The minimum Gasteiger partial charge on any atom is -0.423 e. The zero-order valence-corrected chi connectivity index (χ0v) is 13.5. The Kier molecular flexibility index (Phi) is 3.32. The molecule has 0 N–H and O–H groups in total. The lowest BCUT2D eigenvalue weighted by Crippen LogP contribution is -2.49. The topological polar surface area (TPSA) is 66.7 Å². The van der Waals surface area contributed by atoms with E-state index < -0.39 is 10.0 Å². The van der Waals surface area contributed by atoms with Crippen LogP contribution < -0.4 is 4.90 Å². The quantitative estimate of drug-likeness (QED) is 0.855. The van der Waals surface area contributed by atoms with Crippen molar-refractivity contribution in [2.45, 2.75) is 18.1 Å². The van der Waals surface area contributed by atoms with Gasteiger partial charge in [0.05, 0.1) is 5.25 Å². The van der Waals surface area contributed by atoms with E-state index in [1.54, 1.807) is 16.4 Å². The van der Waals surface area contributed by atoms with Gasteiger partial charge in [0.15, 0.2) is 5.58 Å². The number of sulfonamides is 1. The zero-order chi connectivity index (χ0) is 15.3. The fourth-order valence-electron chi connectivity index (χ4n) is 2.73. The number of benzene rings is 1. The van der Waals surface area contributed by atoms with Gasteiger partial charge >= 0.3 is 0 Å². The maximum absolute atomic E-state index is 12.2. The Morgan fingerprint density at radius 1 is 1.18 bits per heavy atom. The lowest BCUT2D eigenvalue weighted by Gasteiger charge is -2.33. The Labute approximate surface area is 133 Å². The summed E-state index contributed by atoms with van der Waals surface area (Å²) in [7, 11) is -3.09. The summed E-state index contributed by atoms with van der Waals surface area (Å²) in [5, 5.41) is 0.459. The van der Waals surface area contributed by atoms with Gasteiger partial charge in [0.25, 0.3) is 6.01 Å². The highest BCUT2D eigenvalue weighted by atomic mass is 35.5. The number of hydrogen-bond donors (Lipinski definition) is 0. The van der Waals surface area contributed by atoms with Crippen LogP contribution in [-0.4, -0.2) is 49.1 Å². The fraction of sp³-hybridized carbons (Fsp3) is 0.500. The number of halogens is 1. The maximum atomic E-state index is 12.2. The first-order valence-electron chi connectivity index (χ1n) is 7.34. The van der Waals surface area contributed by atoms with E-state index in [1.165, 1.54) is 0 Å². The maximum Gasteiger partial charge on any atom is 0.298 e. The molecule has 1 saturated carbocycles. The van der Waals surface area contributed by atoms with Crippen molar-refractivity contribution in [1.29, 1.82) is 0 Å². The summed E-state index contributed by atoms with van der Waals surface area (Å²) in [6.45, 7) is 2.15. The molecular weight excluding hydrogens is 326 g/mol. The number of aromatic nitrogens is 1. The summed E-state index contributed by atoms with van der Waals surface area (Å²) in [6, 6.07) is 5.86. The van der Waals surface area contributed by atoms with Crippen LogP contribution in [0.5, 0.6) is 0 Å². The van der Waals surface area contributed by atoms with Crippen LogP contribution in [0, 0.1) is 0 Å². The average Bonchev–Trinajstić information content (AvgIpc) is 3.28. The lowest BCUT2D eigenvalue weighted by atomic mass is 10.3. The van der Waals surface area contributed by atoms with Gasteiger partial charge in [0, 0.05) is 37.3 Å². The van der Waals surface area contributed by atoms with Crippen LogP contribution in [0.3, 0.4) is 0 Å². The Morgan fingerprint density at radius 3 is 2.59 bits per heavy atom. The molecule has 118 valence electrons. The third kappa shape index (κ3) is 2.47. The minimum atomic E-state index is -3.09. The third-order valence-electron chi connectivity index (χ3n) is 4.15. The SMILES string of the molecule is O=S(=O)(C1CC1)N1CCN(c2nc3ccc(Cl)cc3o2)CC1. The molecule has 4 rings (SSSR count). The highest BCUT2D eigenvalue weighted by Crippen LogP contribution is 2.32. The summed E-state index contributed by atoms with van der Waals surface area (Å²) in [6.07, 6.45) is 1.60. The Hall–Kier alpha value is -1.31. The van der Waals surface area contributed by atoms with Crippen molar-refractivity contribution in [3.05, 3.63) is 23.2 Å². The molecular formula is C14H16ClN3O3S. The first-order chi connectivity index (χ1) is 10.5. The van der Waals surface area contributed by atoms with E-state index in [4.69, 9.17) is 16.0 Å². The fourth-order valence-corrected chi connectivity index (χ4v) is 4.72. The Balaban J connectivity index is 1.50. The highest BCUT2D eigenvalue weighted by Gasteiger charge is 2.41. The van der Waals surface area contributed by atoms with E-state index in [-0.39, 0.29) is 5.25 Å². The normalized spacial score (nSPS) is 20.7. The smallest absolute Gasteiger partial charge is 0.298 e. The largest absolute Gasteiger partial charge is 0.423 e. The van der Waals surface area contributed by atoms with Crippen LogP contribution in [-0.2, 0) is 10.0 Å². The second-order valence-corrected chi connectivity index (χ2v) is 8.39. The van der Waals surface area contributed by atoms with Crippen LogP contribution in [0.4, 0.5) is 6.01 Å². The van der Waals surface area contributed by atoms with E-state index in [9.17, 15) is 8.42 Å². The van der Waals surface area contributed by atoms with Gasteiger partial charge in [0.1, 0.15) is 5.52 Å². The molecule has 2 aliphatic rings. The number of hydrogen-bond acceptors (Lipinski definition) is 5. The summed E-state index contributed by atoms with van der Waals surface area (Å²) in [5.74, 6) is 0. The first kappa shape index (κ1) is 14.3. The van der Waals surface area contributed by atoms with Gasteiger partial charge in [-0.05, 0) is 25.0 Å². The van der Waals surface area contributed by atoms with Crippen molar-refractivity contribution in [3.63, 3.8) is 0 Å². The molecule has 1 aromatic heterocycles. The third-order valence-corrected chi connectivity index (χ3v) is 6.79. The van der Waals surface area contributed by atoms with Crippen LogP contribution in [0.1, 0.15) is 12.8 Å². The predicted molar refractivity (Wildman–Crippen MR) is 84.7 cm³/mol. The van der Waals surface area contributed by atoms with Crippen molar-refractivity contribution in [2.24, 2.45) is 0 Å². The molecule has 0 bridgehead atoms. The molecule has 2 heterocycles. The molecule has 2 aromatic rings. The number of rotatable bonds is 3. The van der Waals surface area contributed by atoms with Gasteiger partial charge < -0.3 is 9.32 Å². The van der Waals surface area contributed by atoms with Crippen molar-refractivity contribution in [1.82, 2.24) is 9.29 Å². The van der Waals surface area contributed by atoms with E-state index in [0.29, 0.717) is 42.8 Å². The number of oxazole rings is 1. The molecule has 1 aromatic carbocycles. The van der Waals surface area contributed by atoms with E-state index in [1.807, 2.05) is 11.0 Å². The van der Waals surface area contributed by atoms with Crippen LogP contribution in [0.2, 0.25) is 5.02 Å². The first-order valence-corrected chi connectivity index (χ1v) is 9.22. The van der Waals surface area contributed by atoms with Crippen LogP contribution >= 0.6 is 11.6 Å². The van der Waals surface area contributed by atoms with Gasteiger partial charge in [-0.1, -0.05) is 11.6 Å². The number of piperazine rings is 1. The molecule has 0 amide bonds. The van der Waals surface area contributed by atoms with E-state index in [0.717, 1.165) is 18.4 Å². The average molecular weight is 342 g/mol. The van der Waals surface area contributed by atoms with Crippen molar-refractivity contribution < 1.29 is 12.8 Å². The minimum absolute atomic E-state index is 0.148. The van der Waals surface area contributed by atoms with E-state index in [2.05, 4.69) is 4.98 Å². The number of fused-ring (bicyclic) bond motifs is 1. The van der Waals surface area contributed by atoms with Gasteiger partial charge in [-0.25, -0.2) is 8.42 Å². The predicted octanol–water partition coefficient (Wildman–Crippen LogP) is 2.10. The second-order valence-electron chi connectivity index (χ2n) is 5.74. The standard InChI is InChI=1S/C14H16ClN3O3S/c15-10-1-4-12-13(9-10)21-14(16-12)17-5-7-18(8-6-17)22(19,20)11-2-3-11/h1,4,9,11H,2-3,5-8H2. The molecule has 6 nitrogen and oxygen atoms in total. The van der Waals surface area contributed by atoms with Crippen molar-refractivity contribution in [2.75, 3.05) is 31.1 Å². The molecule has 2 fully saturated rings. The summed E-state index contributed by atoms with van der Waals surface area (Å²) in [4.78, 5) is 6.42. The number of nitrogens with zero attached hydrogens (tertiary/aromatic N) is 3. The summed E-state index contributed by atoms with van der Waals surface area (Å²) < 4.78 is 31.8. The zero-order valence-electron chi connectivity index (χ0n) is 11.9. The van der Waals surface area contributed by atoms with Crippen molar-refractivity contribution in [3.8, 4) is 0 Å². The van der Waals surface area contributed by atoms with E-state index >= 15 is 0 Å². The van der Waals surface area contributed by atoms with Crippen LogP contribution in [0.15, 0.2) is 22.6 Å². The molecule has 22 heavy (non-hydrogen) atoms. The summed E-state index contributed by atoms with van der Waals surface area (Å²) >= 11 is 5.94. The van der Waals surface area contributed by atoms with Gasteiger partial charge in [-0.3, -0.25) is 0 Å². The second kappa shape index (κ2) is 5.11. The van der Waals surface area contributed by atoms with Crippen LogP contribution in [0.25, 0.3) is 11.1 Å². The van der Waals surface area contributed by atoms with Gasteiger partial charge in [-0.2, -0.15) is 9.29 Å². The van der Waals surface area contributed by atoms with Gasteiger partial charge in [-0.15, -0.1) is 0 Å². The molecule has 1 saturated heterocycles.